The predicted octanol–water partition coefficient (Wildman–Crippen LogP) is 3.16. The van der Waals surface area contributed by atoms with Gasteiger partial charge in [-0.25, -0.2) is 4.39 Å². The molecule has 1 heterocycles. The van der Waals surface area contributed by atoms with Crippen molar-refractivity contribution in [1.29, 1.82) is 0 Å². The van der Waals surface area contributed by atoms with Crippen molar-refractivity contribution in [3.63, 3.8) is 0 Å². The zero-order chi connectivity index (χ0) is 23.0. The Kier molecular flexibility index (Phi) is 11.1. The molecule has 0 radical (unpaired) electrons. The molecular weight excluding hydrogens is 413 g/mol. The molecule has 0 aliphatic carbocycles. The van der Waals surface area contributed by atoms with Gasteiger partial charge in [0, 0.05) is 12.7 Å². The summed E-state index contributed by atoms with van der Waals surface area (Å²) in [5, 5.41) is 13.8. The van der Waals surface area contributed by atoms with Gasteiger partial charge in [-0.15, -0.1) is 5.56 Å². The fraction of sp³-hybridized carbons (Fsp3) is 0.292. The molecule has 0 fully saturated rings. The van der Waals surface area contributed by atoms with E-state index in [9.17, 15) is 23.0 Å². The minimum atomic E-state index is -4.64. The van der Waals surface area contributed by atoms with Crippen molar-refractivity contribution in [3.8, 4) is 0 Å². The number of unbranched alkanes of at least 4 members (excludes halogenated alkanes) is 1. The van der Waals surface area contributed by atoms with Crippen molar-refractivity contribution >= 4 is 11.3 Å². The second kappa shape index (κ2) is 12.7. The van der Waals surface area contributed by atoms with E-state index < -0.39 is 11.9 Å². The molecule has 0 saturated carbocycles. The van der Waals surface area contributed by atoms with Crippen molar-refractivity contribution in [2.45, 2.75) is 44.9 Å². The van der Waals surface area contributed by atoms with Crippen molar-refractivity contribution in [2.75, 3.05) is 0 Å². The topological polar surface area (TPSA) is 47.2 Å². The minimum Gasteiger partial charge on any atom is -0.904 e. The molecule has 0 aliphatic rings. The van der Waals surface area contributed by atoms with Gasteiger partial charge in [-0.2, -0.15) is 19.6 Å². The summed E-state index contributed by atoms with van der Waals surface area (Å²) in [5.74, 6) is -0.327. The summed E-state index contributed by atoms with van der Waals surface area (Å²) in [6.45, 7) is 9.61. The Balaban J connectivity index is 0.00000512. The molecule has 8 heteroatoms. The Hall–Kier alpha value is -2.20. The van der Waals surface area contributed by atoms with Crippen LogP contribution in [0.5, 0.6) is 0 Å². The molecule has 1 aromatic carbocycles. The third-order valence-electron chi connectivity index (χ3n) is 4.56. The predicted molar refractivity (Wildman–Crippen MR) is 115 cm³/mol. The van der Waals surface area contributed by atoms with Gasteiger partial charge in [-0.05, 0) is 42.3 Å². The largest absolute Gasteiger partial charge is 1.00 e. The summed E-state index contributed by atoms with van der Waals surface area (Å²) in [6, 6.07) is 6.55. The smallest absolute Gasteiger partial charge is 0.904 e. The number of allylic oxidation sites excluding steroid dienone is 2. The molecule has 166 valence electrons. The quantitative estimate of drug-likeness (QED) is 0.269. The minimum absolute atomic E-state index is 0. The maximum absolute atomic E-state index is 13.1. The van der Waals surface area contributed by atoms with E-state index in [-0.39, 0.29) is 42.0 Å². The zero-order valence-electron chi connectivity index (χ0n) is 18.3. The first-order valence-corrected chi connectivity index (χ1v) is 9.77. The van der Waals surface area contributed by atoms with Crippen LogP contribution in [0, 0.1) is 18.8 Å². The first kappa shape index (κ1) is 27.8. The van der Waals surface area contributed by atoms with Gasteiger partial charge in [0.2, 0.25) is 0 Å². The molecule has 1 unspecified atom stereocenters. The fourth-order valence-corrected chi connectivity index (χ4v) is 2.86. The summed E-state index contributed by atoms with van der Waals surface area (Å²) in [6.07, 6.45) is 2.82. The Morgan fingerprint density at radius 1 is 1.28 bits per heavy atom. The summed E-state index contributed by atoms with van der Waals surface area (Å²) < 4.78 is 52.2. The van der Waals surface area contributed by atoms with Crippen LogP contribution >= 0.6 is 0 Å². The maximum atomic E-state index is 13.1. The van der Waals surface area contributed by atoms with Crippen molar-refractivity contribution in [1.82, 2.24) is 10.3 Å². The van der Waals surface area contributed by atoms with E-state index >= 15 is 0 Å². The van der Waals surface area contributed by atoms with Gasteiger partial charge in [-0.3, -0.25) is 17.1 Å². The molecule has 0 aliphatic heterocycles. The summed E-state index contributed by atoms with van der Waals surface area (Å²) in [4.78, 5) is 3.43. The Morgan fingerprint density at radius 3 is 2.50 bits per heavy atom. The number of nitrogens with zero attached hydrogens (tertiary/aromatic N) is 2. The number of nitrogens with one attached hydrogen (secondary N) is 1. The number of rotatable bonds is 10. The third kappa shape index (κ3) is 8.38. The van der Waals surface area contributed by atoms with Crippen LogP contribution < -0.4 is 24.2 Å². The maximum Gasteiger partial charge on any atom is 1.00 e. The van der Waals surface area contributed by atoms with E-state index in [1.165, 1.54) is 18.2 Å². The summed E-state index contributed by atoms with van der Waals surface area (Å²) in [7, 11) is 0. The van der Waals surface area contributed by atoms with Crippen LogP contribution in [-0.2, 0) is 12.7 Å². The second-order valence-electron chi connectivity index (χ2n) is 7.15. The molecule has 2 aromatic rings. The van der Waals surface area contributed by atoms with Crippen molar-refractivity contribution in [3.05, 3.63) is 95.8 Å². The van der Waals surface area contributed by atoms with Crippen molar-refractivity contribution in [2.24, 2.45) is 0 Å². The summed E-state index contributed by atoms with van der Waals surface area (Å²) >= 11 is 0. The van der Waals surface area contributed by atoms with Gasteiger partial charge in [0.1, 0.15) is 11.5 Å². The van der Waals surface area contributed by atoms with Crippen LogP contribution in [0.1, 0.15) is 48.6 Å². The van der Waals surface area contributed by atoms with E-state index in [0.717, 1.165) is 24.2 Å². The normalized spacial score (nSPS) is 12.4. The Bertz CT molecular complexity index is 937. The van der Waals surface area contributed by atoms with E-state index in [4.69, 9.17) is 0 Å². The number of halogens is 4. The van der Waals surface area contributed by atoms with E-state index in [0.29, 0.717) is 30.5 Å². The molecule has 2 rings (SSSR count). The fourth-order valence-electron chi connectivity index (χ4n) is 2.86. The summed E-state index contributed by atoms with van der Waals surface area (Å²) in [5.41, 5.74) is 0.169. The van der Waals surface area contributed by atoms with Crippen LogP contribution in [0.3, 0.4) is 0 Å². The number of hydrogen-bond donors (Lipinski definition) is 1. The average molecular weight is 437 g/mol. The Labute approximate surface area is 198 Å². The zero-order valence-corrected chi connectivity index (χ0v) is 18.3. The van der Waals surface area contributed by atoms with Crippen LogP contribution in [0.2, 0.25) is 0 Å². The van der Waals surface area contributed by atoms with E-state index in [1.807, 2.05) is 0 Å². The molecular formula is C24H24F4LiN3-2. The molecule has 1 aromatic heterocycles. The van der Waals surface area contributed by atoms with Gasteiger partial charge in [0.05, 0.1) is 0 Å². The molecule has 0 amide bonds. The van der Waals surface area contributed by atoms with Gasteiger partial charge in [0.15, 0.2) is 0 Å². The van der Waals surface area contributed by atoms with Gasteiger partial charge in [-0.1, -0.05) is 37.1 Å². The second-order valence-corrected chi connectivity index (χ2v) is 7.15. The van der Waals surface area contributed by atoms with E-state index in [2.05, 4.69) is 29.9 Å². The first-order chi connectivity index (χ1) is 14.6. The standard InChI is InChI=1S/C24H24F4N3.Li/c1-4-5-6-19(30-14-17-7-9-18(25)10-8-17)11-12-22(29)20-13-23(24(26,27)28)31-15-21(20)16(2)3;/h7-10,12-13,15,19,30H,1-2,4-6,14H2,3H3;/q-3;+1. The SMILES string of the molecule is C=C(C)c1cnc(C(F)(F)F)cc1C(=[N-])C=[C-]C(CCC[CH2-])NCc1ccc(F)cc1.[Li+]. The first-order valence-electron chi connectivity index (χ1n) is 9.77. The van der Waals surface area contributed by atoms with Crippen LogP contribution in [0.15, 0.2) is 49.2 Å². The third-order valence-corrected chi connectivity index (χ3v) is 4.56. The van der Waals surface area contributed by atoms with Gasteiger partial charge >= 0.3 is 25.0 Å². The molecule has 0 bridgehead atoms. The van der Waals surface area contributed by atoms with Crippen LogP contribution in [0.4, 0.5) is 17.6 Å². The van der Waals surface area contributed by atoms with Crippen LogP contribution in [0.25, 0.3) is 11.0 Å². The Morgan fingerprint density at radius 2 is 1.94 bits per heavy atom. The number of aromatic nitrogens is 1. The van der Waals surface area contributed by atoms with Crippen LogP contribution in [-0.4, -0.2) is 16.7 Å². The van der Waals surface area contributed by atoms with Crippen molar-refractivity contribution < 1.29 is 36.4 Å². The molecule has 1 N–H and O–H groups in total. The molecule has 32 heavy (non-hydrogen) atoms. The van der Waals surface area contributed by atoms with Gasteiger partial charge < -0.3 is 23.4 Å². The molecule has 3 nitrogen and oxygen atoms in total. The average Bonchev–Trinajstić information content (AvgIpc) is 2.73. The molecule has 0 saturated heterocycles. The van der Waals surface area contributed by atoms with Gasteiger partial charge in [0.25, 0.3) is 0 Å². The molecule has 0 spiro atoms. The number of alkyl halides is 3. The monoisotopic (exact) mass is 437 g/mol. The number of hydrogen-bond acceptors (Lipinski definition) is 2. The molecule has 1 atom stereocenters. The van der Waals surface area contributed by atoms with E-state index in [1.54, 1.807) is 19.1 Å². The number of pyridine rings is 1. The number of benzene rings is 1.